The number of unbranched alkanes of at least 4 members (excludes halogenated alkanes) is 2. The van der Waals surface area contributed by atoms with Crippen LogP contribution in [0.5, 0.6) is 0 Å². The molecule has 4 unspecified atom stereocenters. The Balaban J connectivity index is 2.00. The van der Waals surface area contributed by atoms with Crippen molar-refractivity contribution in [1.82, 2.24) is 10.2 Å². The second kappa shape index (κ2) is 6.46. The molecular formula is C17H32N2O. The molecule has 2 fully saturated rings. The van der Waals surface area contributed by atoms with Gasteiger partial charge in [-0.2, -0.15) is 0 Å². The van der Waals surface area contributed by atoms with E-state index in [1.807, 2.05) is 4.90 Å². The van der Waals surface area contributed by atoms with Gasteiger partial charge in [0.25, 0.3) is 0 Å². The van der Waals surface area contributed by atoms with Gasteiger partial charge in [0.15, 0.2) is 0 Å². The number of piperidine rings is 1. The van der Waals surface area contributed by atoms with Crippen LogP contribution in [0.1, 0.15) is 53.4 Å². The molecule has 0 aromatic rings. The fourth-order valence-corrected chi connectivity index (χ4v) is 4.48. The normalized spacial score (nSPS) is 32.8. The topological polar surface area (TPSA) is 32.3 Å². The Morgan fingerprint density at radius 1 is 1.30 bits per heavy atom. The molecule has 4 atom stereocenters. The maximum absolute atomic E-state index is 12.7. The van der Waals surface area contributed by atoms with E-state index in [2.05, 4.69) is 33.0 Å². The molecule has 0 aromatic heterocycles. The largest absolute Gasteiger partial charge is 0.343 e. The summed E-state index contributed by atoms with van der Waals surface area (Å²) in [4.78, 5) is 14.8. The summed E-state index contributed by atoms with van der Waals surface area (Å²) in [5.74, 6) is 2.01. The molecule has 1 amide bonds. The number of nitrogens with one attached hydrogen (secondary N) is 1. The van der Waals surface area contributed by atoms with Gasteiger partial charge in [-0.25, -0.2) is 0 Å². The molecule has 3 heteroatoms. The van der Waals surface area contributed by atoms with Crippen molar-refractivity contribution in [3.63, 3.8) is 0 Å². The Morgan fingerprint density at radius 2 is 2.00 bits per heavy atom. The van der Waals surface area contributed by atoms with Crippen molar-refractivity contribution < 1.29 is 4.79 Å². The van der Waals surface area contributed by atoms with Crippen molar-refractivity contribution in [1.29, 1.82) is 0 Å². The van der Waals surface area contributed by atoms with Gasteiger partial charge in [-0.3, -0.25) is 4.79 Å². The zero-order valence-corrected chi connectivity index (χ0v) is 13.7. The second-order valence-corrected chi connectivity index (χ2v) is 6.73. The van der Waals surface area contributed by atoms with Crippen molar-refractivity contribution in [3.8, 4) is 0 Å². The minimum Gasteiger partial charge on any atom is -0.343 e. The Bertz CT molecular complexity index is 340. The van der Waals surface area contributed by atoms with Crippen LogP contribution in [0, 0.1) is 23.2 Å². The minimum atomic E-state index is 0.285. The standard InChI is InChI=1S/C17H32N2O/c1-5-8-9-10-13(4)17-12-18-11-14(17)15(17)16(20)19(6-2)7-3/h13-15,18H,5-12H2,1-4H3. The first-order chi connectivity index (χ1) is 9.63. The van der Waals surface area contributed by atoms with Gasteiger partial charge in [0.1, 0.15) is 0 Å². The lowest BCUT2D eigenvalue weighted by Gasteiger charge is -2.26. The van der Waals surface area contributed by atoms with Crippen LogP contribution < -0.4 is 5.32 Å². The number of fused-ring (bicyclic) bond motifs is 1. The predicted octanol–water partition coefficient (Wildman–Crippen LogP) is 2.91. The quantitative estimate of drug-likeness (QED) is 0.693. The first kappa shape index (κ1) is 15.8. The zero-order chi connectivity index (χ0) is 14.8. The van der Waals surface area contributed by atoms with E-state index in [-0.39, 0.29) is 5.41 Å². The van der Waals surface area contributed by atoms with Gasteiger partial charge in [0, 0.05) is 25.0 Å². The summed E-state index contributed by atoms with van der Waals surface area (Å²) < 4.78 is 0. The van der Waals surface area contributed by atoms with Gasteiger partial charge in [0.2, 0.25) is 5.91 Å². The molecule has 20 heavy (non-hydrogen) atoms. The number of carbonyl (C=O) groups excluding carboxylic acids is 1. The van der Waals surface area contributed by atoms with E-state index in [9.17, 15) is 4.79 Å². The van der Waals surface area contributed by atoms with E-state index in [1.165, 1.54) is 25.7 Å². The third-order valence-corrected chi connectivity index (χ3v) is 5.86. The summed E-state index contributed by atoms with van der Waals surface area (Å²) in [5, 5.41) is 3.52. The molecule has 1 heterocycles. The van der Waals surface area contributed by atoms with Crippen LogP contribution in [0.4, 0.5) is 0 Å². The zero-order valence-electron chi connectivity index (χ0n) is 13.7. The third-order valence-electron chi connectivity index (χ3n) is 5.86. The lowest BCUT2D eigenvalue weighted by atomic mass is 9.83. The SMILES string of the molecule is CCCCCC(C)C12CNCC1C2C(=O)N(CC)CC. The van der Waals surface area contributed by atoms with Gasteiger partial charge in [-0.05, 0) is 32.2 Å². The highest BCUT2D eigenvalue weighted by molar-refractivity contribution is 5.84. The van der Waals surface area contributed by atoms with Gasteiger partial charge in [-0.1, -0.05) is 39.5 Å². The summed E-state index contributed by atoms with van der Waals surface area (Å²) >= 11 is 0. The van der Waals surface area contributed by atoms with Crippen LogP contribution in [0.25, 0.3) is 0 Å². The molecule has 2 aliphatic rings. The van der Waals surface area contributed by atoms with Crippen molar-refractivity contribution in [2.24, 2.45) is 23.2 Å². The van der Waals surface area contributed by atoms with E-state index in [4.69, 9.17) is 0 Å². The summed E-state index contributed by atoms with van der Waals surface area (Å²) in [6, 6.07) is 0. The highest BCUT2D eigenvalue weighted by Gasteiger charge is 2.71. The monoisotopic (exact) mass is 280 g/mol. The molecular weight excluding hydrogens is 248 g/mol. The van der Waals surface area contributed by atoms with Gasteiger partial charge < -0.3 is 10.2 Å². The van der Waals surface area contributed by atoms with Gasteiger partial charge in [0.05, 0.1) is 5.92 Å². The lowest BCUT2D eigenvalue weighted by molar-refractivity contribution is -0.133. The van der Waals surface area contributed by atoms with E-state index >= 15 is 0 Å². The van der Waals surface area contributed by atoms with E-state index in [0.29, 0.717) is 23.7 Å². The fraction of sp³-hybridized carbons (Fsp3) is 0.941. The summed E-state index contributed by atoms with van der Waals surface area (Å²) in [5.41, 5.74) is 0.285. The molecule has 1 aliphatic carbocycles. The van der Waals surface area contributed by atoms with Crippen LogP contribution in [0.3, 0.4) is 0 Å². The Hall–Kier alpha value is -0.570. The highest BCUT2D eigenvalue weighted by atomic mass is 16.2. The number of nitrogens with zero attached hydrogens (tertiary/aromatic N) is 1. The molecule has 0 spiro atoms. The lowest BCUT2D eigenvalue weighted by Crippen LogP contribution is -2.37. The average Bonchev–Trinajstić information content (AvgIpc) is 2.89. The van der Waals surface area contributed by atoms with Crippen molar-refractivity contribution in [2.45, 2.75) is 53.4 Å². The van der Waals surface area contributed by atoms with Crippen molar-refractivity contribution >= 4 is 5.91 Å². The second-order valence-electron chi connectivity index (χ2n) is 6.73. The van der Waals surface area contributed by atoms with Crippen molar-refractivity contribution in [2.75, 3.05) is 26.2 Å². The van der Waals surface area contributed by atoms with Crippen LogP contribution >= 0.6 is 0 Å². The van der Waals surface area contributed by atoms with Crippen LogP contribution in [-0.4, -0.2) is 37.0 Å². The molecule has 0 bridgehead atoms. The molecule has 1 N–H and O–H groups in total. The first-order valence-electron chi connectivity index (χ1n) is 8.62. The van der Waals surface area contributed by atoms with Gasteiger partial charge >= 0.3 is 0 Å². The molecule has 1 saturated heterocycles. The minimum absolute atomic E-state index is 0.285. The molecule has 3 nitrogen and oxygen atoms in total. The van der Waals surface area contributed by atoms with E-state index < -0.39 is 0 Å². The van der Waals surface area contributed by atoms with E-state index in [1.54, 1.807) is 0 Å². The van der Waals surface area contributed by atoms with E-state index in [0.717, 1.165) is 26.2 Å². The van der Waals surface area contributed by atoms with Crippen LogP contribution in [0.2, 0.25) is 0 Å². The molecule has 0 aromatic carbocycles. The molecule has 1 aliphatic heterocycles. The number of amides is 1. The summed E-state index contributed by atoms with van der Waals surface area (Å²) in [6.07, 6.45) is 5.21. The average molecular weight is 280 g/mol. The van der Waals surface area contributed by atoms with Crippen molar-refractivity contribution in [3.05, 3.63) is 0 Å². The third kappa shape index (κ3) is 2.49. The molecule has 2 rings (SSSR count). The maximum Gasteiger partial charge on any atom is 0.226 e. The maximum atomic E-state index is 12.7. The van der Waals surface area contributed by atoms with Crippen LogP contribution in [-0.2, 0) is 4.79 Å². The van der Waals surface area contributed by atoms with Gasteiger partial charge in [-0.15, -0.1) is 0 Å². The molecule has 1 saturated carbocycles. The first-order valence-corrected chi connectivity index (χ1v) is 8.62. The fourth-order valence-electron chi connectivity index (χ4n) is 4.48. The number of hydrogen-bond acceptors (Lipinski definition) is 2. The summed E-state index contributed by atoms with van der Waals surface area (Å²) in [6.45, 7) is 12.6. The summed E-state index contributed by atoms with van der Waals surface area (Å²) in [7, 11) is 0. The highest BCUT2D eigenvalue weighted by Crippen LogP contribution is 2.66. The predicted molar refractivity (Wildman–Crippen MR) is 83.5 cm³/mol. The molecule has 116 valence electrons. The number of hydrogen-bond donors (Lipinski definition) is 1. The number of carbonyl (C=O) groups is 1. The molecule has 0 radical (unpaired) electrons. The smallest absolute Gasteiger partial charge is 0.226 e. The Kier molecular flexibility index (Phi) is 5.11. The number of rotatable bonds is 8. The Morgan fingerprint density at radius 3 is 2.60 bits per heavy atom. The van der Waals surface area contributed by atoms with Crippen LogP contribution in [0.15, 0.2) is 0 Å². The Labute approximate surface area is 124 Å².